The summed E-state index contributed by atoms with van der Waals surface area (Å²) >= 11 is 0. The van der Waals surface area contributed by atoms with E-state index in [1.54, 1.807) is 6.20 Å². The minimum atomic E-state index is -0.195. The normalized spacial score (nSPS) is 20.7. The highest BCUT2D eigenvalue weighted by atomic mass is 16.5. The summed E-state index contributed by atoms with van der Waals surface area (Å²) in [6.45, 7) is 3.57. The van der Waals surface area contributed by atoms with E-state index in [-0.39, 0.29) is 5.56 Å². The Morgan fingerprint density at radius 2 is 2.47 bits per heavy atom. The van der Waals surface area contributed by atoms with Crippen molar-refractivity contribution in [3.63, 3.8) is 0 Å². The van der Waals surface area contributed by atoms with Gasteiger partial charge in [-0.05, 0) is 36.8 Å². The second kappa shape index (κ2) is 4.06. The second-order valence-electron chi connectivity index (χ2n) is 4.12. The fraction of sp³-hybridized carbons (Fsp3) is 0.545. The number of ether oxygens (including phenoxy) is 1. The maximum atomic E-state index is 11.2. The largest absolute Gasteiger partial charge is 0.394 e. The predicted molar refractivity (Wildman–Crippen MR) is 58.8 cm³/mol. The Balaban J connectivity index is 2.21. The van der Waals surface area contributed by atoms with Crippen LogP contribution < -0.4 is 11.3 Å². The molecule has 4 heteroatoms. The summed E-state index contributed by atoms with van der Waals surface area (Å²) in [4.78, 5) is 13.9. The standard InChI is InChI=1S/C11H16N2O2/c1-7-9(4-8-2-3-15-6-8)5-13-11(14)10(7)12/h5,8H,2-4,6,12H2,1H3,(H,13,14). The van der Waals surface area contributed by atoms with Gasteiger partial charge >= 0.3 is 0 Å². The van der Waals surface area contributed by atoms with Gasteiger partial charge in [-0.25, -0.2) is 0 Å². The molecule has 2 heterocycles. The van der Waals surface area contributed by atoms with Crippen LogP contribution in [0.4, 0.5) is 5.69 Å². The van der Waals surface area contributed by atoms with Crippen molar-refractivity contribution in [2.24, 2.45) is 5.92 Å². The zero-order chi connectivity index (χ0) is 10.8. The maximum absolute atomic E-state index is 11.2. The average molecular weight is 208 g/mol. The van der Waals surface area contributed by atoms with Crippen molar-refractivity contribution < 1.29 is 4.74 Å². The second-order valence-corrected chi connectivity index (χ2v) is 4.12. The van der Waals surface area contributed by atoms with E-state index >= 15 is 0 Å². The smallest absolute Gasteiger partial charge is 0.271 e. The Morgan fingerprint density at radius 1 is 1.67 bits per heavy atom. The first-order chi connectivity index (χ1) is 7.18. The van der Waals surface area contributed by atoms with E-state index in [1.165, 1.54) is 0 Å². The highest BCUT2D eigenvalue weighted by Crippen LogP contribution is 2.20. The molecule has 1 saturated heterocycles. The topological polar surface area (TPSA) is 68.1 Å². The van der Waals surface area contributed by atoms with E-state index in [4.69, 9.17) is 10.5 Å². The number of pyridine rings is 1. The molecule has 0 saturated carbocycles. The zero-order valence-electron chi connectivity index (χ0n) is 8.88. The Morgan fingerprint density at radius 3 is 3.13 bits per heavy atom. The maximum Gasteiger partial charge on any atom is 0.271 e. The molecule has 3 N–H and O–H groups in total. The molecule has 1 aliphatic rings. The van der Waals surface area contributed by atoms with Gasteiger partial charge in [-0.15, -0.1) is 0 Å². The van der Waals surface area contributed by atoms with Crippen molar-refractivity contribution in [2.45, 2.75) is 19.8 Å². The molecule has 4 nitrogen and oxygen atoms in total. The van der Waals surface area contributed by atoms with Gasteiger partial charge in [0.2, 0.25) is 0 Å². The lowest BCUT2D eigenvalue weighted by atomic mass is 9.96. The van der Waals surface area contributed by atoms with Crippen LogP contribution >= 0.6 is 0 Å². The summed E-state index contributed by atoms with van der Waals surface area (Å²) in [6, 6.07) is 0. The van der Waals surface area contributed by atoms with Crippen molar-refractivity contribution in [1.29, 1.82) is 0 Å². The number of anilines is 1. The first kappa shape index (κ1) is 10.2. The third-order valence-corrected chi connectivity index (χ3v) is 3.04. The van der Waals surface area contributed by atoms with Gasteiger partial charge in [0.15, 0.2) is 0 Å². The minimum absolute atomic E-state index is 0.195. The van der Waals surface area contributed by atoms with Crippen LogP contribution in [0.25, 0.3) is 0 Å². The Hall–Kier alpha value is -1.29. The monoisotopic (exact) mass is 208 g/mol. The molecule has 0 aromatic carbocycles. The molecule has 15 heavy (non-hydrogen) atoms. The lowest BCUT2D eigenvalue weighted by Gasteiger charge is -2.11. The van der Waals surface area contributed by atoms with Crippen molar-refractivity contribution in [1.82, 2.24) is 4.98 Å². The lowest BCUT2D eigenvalue weighted by Crippen LogP contribution is -2.16. The number of nitrogens with two attached hydrogens (primary N) is 1. The van der Waals surface area contributed by atoms with Crippen molar-refractivity contribution in [2.75, 3.05) is 18.9 Å². The molecule has 82 valence electrons. The number of rotatable bonds is 2. The van der Waals surface area contributed by atoms with E-state index in [1.807, 2.05) is 6.92 Å². The summed E-state index contributed by atoms with van der Waals surface area (Å²) < 4.78 is 5.32. The summed E-state index contributed by atoms with van der Waals surface area (Å²) in [5, 5.41) is 0. The Labute approximate surface area is 88.4 Å². The van der Waals surface area contributed by atoms with Crippen LogP contribution in [-0.2, 0) is 11.2 Å². The third-order valence-electron chi connectivity index (χ3n) is 3.04. The first-order valence-corrected chi connectivity index (χ1v) is 5.23. The van der Waals surface area contributed by atoms with Crippen LogP contribution in [-0.4, -0.2) is 18.2 Å². The molecule has 1 atom stereocenters. The minimum Gasteiger partial charge on any atom is -0.394 e. The Bertz CT molecular complexity index is 406. The van der Waals surface area contributed by atoms with Gasteiger partial charge < -0.3 is 15.5 Å². The molecule has 0 radical (unpaired) electrons. The van der Waals surface area contributed by atoms with Crippen LogP contribution in [0.1, 0.15) is 17.5 Å². The van der Waals surface area contributed by atoms with E-state index in [2.05, 4.69) is 4.98 Å². The molecular weight excluding hydrogens is 192 g/mol. The lowest BCUT2D eigenvalue weighted by molar-refractivity contribution is 0.186. The summed E-state index contributed by atoms with van der Waals surface area (Å²) in [5.41, 5.74) is 7.86. The fourth-order valence-electron chi connectivity index (χ4n) is 1.95. The van der Waals surface area contributed by atoms with Crippen LogP contribution in [0, 0.1) is 12.8 Å². The van der Waals surface area contributed by atoms with Crippen LogP contribution in [0.15, 0.2) is 11.0 Å². The van der Waals surface area contributed by atoms with Crippen molar-refractivity contribution >= 4 is 5.69 Å². The first-order valence-electron chi connectivity index (χ1n) is 5.23. The number of nitrogens with one attached hydrogen (secondary N) is 1. The Kier molecular flexibility index (Phi) is 2.77. The summed E-state index contributed by atoms with van der Waals surface area (Å²) in [6.07, 6.45) is 3.80. The van der Waals surface area contributed by atoms with Crippen LogP contribution in [0.3, 0.4) is 0 Å². The highest BCUT2D eigenvalue weighted by molar-refractivity contribution is 5.47. The van der Waals surface area contributed by atoms with E-state index in [0.717, 1.165) is 37.2 Å². The quantitative estimate of drug-likeness (QED) is 0.757. The molecule has 1 aromatic rings. The van der Waals surface area contributed by atoms with Crippen molar-refractivity contribution in [3.05, 3.63) is 27.7 Å². The molecule has 0 spiro atoms. The zero-order valence-corrected chi connectivity index (χ0v) is 8.88. The predicted octanol–water partition coefficient (Wildman–Crippen LogP) is 0.845. The third kappa shape index (κ3) is 2.04. The number of H-pyrrole nitrogens is 1. The molecule has 2 rings (SSSR count). The average Bonchev–Trinajstić information content (AvgIpc) is 2.72. The fourth-order valence-corrected chi connectivity index (χ4v) is 1.95. The van der Waals surface area contributed by atoms with E-state index < -0.39 is 0 Å². The summed E-state index contributed by atoms with van der Waals surface area (Å²) in [7, 11) is 0. The van der Waals surface area contributed by atoms with Gasteiger partial charge in [-0.1, -0.05) is 0 Å². The number of hydrogen-bond acceptors (Lipinski definition) is 3. The molecule has 1 fully saturated rings. The highest BCUT2D eigenvalue weighted by Gasteiger charge is 2.17. The number of aromatic amines is 1. The van der Waals surface area contributed by atoms with Crippen LogP contribution in [0.2, 0.25) is 0 Å². The number of aromatic nitrogens is 1. The molecule has 0 bridgehead atoms. The molecule has 1 aliphatic heterocycles. The SMILES string of the molecule is Cc1c(CC2CCOC2)c[nH]c(=O)c1N. The molecule has 0 amide bonds. The van der Waals surface area contributed by atoms with Gasteiger partial charge in [-0.3, -0.25) is 4.79 Å². The van der Waals surface area contributed by atoms with Gasteiger partial charge in [0.25, 0.3) is 5.56 Å². The van der Waals surface area contributed by atoms with Crippen molar-refractivity contribution in [3.8, 4) is 0 Å². The molecular formula is C11H16N2O2. The van der Waals surface area contributed by atoms with Gasteiger partial charge in [0.05, 0.1) is 0 Å². The molecule has 0 aliphatic carbocycles. The van der Waals surface area contributed by atoms with E-state index in [9.17, 15) is 4.79 Å². The summed E-state index contributed by atoms with van der Waals surface area (Å²) in [5.74, 6) is 0.564. The van der Waals surface area contributed by atoms with E-state index in [0.29, 0.717) is 11.6 Å². The van der Waals surface area contributed by atoms with Gasteiger partial charge in [-0.2, -0.15) is 0 Å². The molecule has 1 unspecified atom stereocenters. The number of nitrogen functional groups attached to an aromatic ring is 1. The molecule has 1 aromatic heterocycles. The van der Waals surface area contributed by atoms with Gasteiger partial charge in [0, 0.05) is 19.4 Å². The number of hydrogen-bond donors (Lipinski definition) is 2. The van der Waals surface area contributed by atoms with Crippen LogP contribution in [0.5, 0.6) is 0 Å². The van der Waals surface area contributed by atoms with Gasteiger partial charge in [0.1, 0.15) is 5.69 Å².